The van der Waals surface area contributed by atoms with Gasteiger partial charge in [-0.15, -0.1) is 0 Å². The molecule has 18 heavy (non-hydrogen) atoms. The van der Waals surface area contributed by atoms with Crippen molar-refractivity contribution in [1.29, 1.82) is 0 Å². The minimum Gasteiger partial charge on any atom is -0.495 e. The minimum absolute atomic E-state index is 0.669. The molecule has 1 saturated carbocycles. The number of methoxy groups -OCH3 is 1. The van der Waals surface area contributed by atoms with Gasteiger partial charge in [0.2, 0.25) is 0 Å². The number of fused-ring (bicyclic) bond motifs is 2. The first-order valence-corrected chi connectivity index (χ1v) is 7.05. The Morgan fingerprint density at radius 2 is 2.06 bits per heavy atom. The molecule has 0 amide bonds. The van der Waals surface area contributed by atoms with Gasteiger partial charge in [-0.1, -0.05) is 0 Å². The highest BCUT2D eigenvalue weighted by atomic mass is 16.5. The summed E-state index contributed by atoms with van der Waals surface area (Å²) in [7, 11) is 1.71. The van der Waals surface area contributed by atoms with Crippen molar-refractivity contribution in [2.24, 2.45) is 11.8 Å². The van der Waals surface area contributed by atoms with Gasteiger partial charge in [-0.2, -0.15) is 0 Å². The van der Waals surface area contributed by atoms with Crippen molar-refractivity contribution in [3.05, 3.63) is 24.0 Å². The van der Waals surface area contributed by atoms with Crippen molar-refractivity contribution in [1.82, 2.24) is 10.3 Å². The molecule has 2 bridgehead atoms. The van der Waals surface area contributed by atoms with Crippen molar-refractivity contribution < 1.29 is 4.74 Å². The first-order valence-electron chi connectivity index (χ1n) is 7.05. The van der Waals surface area contributed by atoms with E-state index in [1.807, 2.05) is 6.20 Å². The van der Waals surface area contributed by atoms with Crippen LogP contribution < -0.4 is 10.1 Å². The fourth-order valence-electron chi connectivity index (χ4n) is 3.56. The Labute approximate surface area is 109 Å². The van der Waals surface area contributed by atoms with Crippen LogP contribution in [0.5, 0.6) is 5.75 Å². The summed E-state index contributed by atoms with van der Waals surface area (Å²) in [5.74, 6) is 3.30. The van der Waals surface area contributed by atoms with Gasteiger partial charge < -0.3 is 10.1 Å². The number of nitrogens with one attached hydrogen (secondary N) is 1. The zero-order valence-electron chi connectivity index (χ0n) is 11.1. The first kappa shape index (κ1) is 12.0. The molecule has 3 rings (SSSR count). The van der Waals surface area contributed by atoms with Crippen molar-refractivity contribution in [3.63, 3.8) is 0 Å². The molecule has 0 aromatic carbocycles. The molecule has 1 N–H and O–H groups in total. The molecule has 2 aliphatic rings. The predicted molar refractivity (Wildman–Crippen MR) is 71.8 cm³/mol. The van der Waals surface area contributed by atoms with E-state index >= 15 is 0 Å². The van der Waals surface area contributed by atoms with Crippen molar-refractivity contribution in [2.45, 2.75) is 31.6 Å². The zero-order chi connectivity index (χ0) is 12.4. The molecule has 3 heteroatoms. The Morgan fingerprint density at radius 1 is 1.17 bits per heavy atom. The molecule has 3 unspecified atom stereocenters. The van der Waals surface area contributed by atoms with Crippen LogP contribution >= 0.6 is 0 Å². The van der Waals surface area contributed by atoms with Crippen molar-refractivity contribution in [3.8, 4) is 5.75 Å². The lowest BCUT2D eigenvalue weighted by molar-refractivity contribution is 0.289. The van der Waals surface area contributed by atoms with Crippen LogP contribution in [0.15, 0.2) is 18.5 Å². The van der Waals surface area contributed by atoms with Crippen molar-refractivity contribution >= 4 is 0 Å². The third-order valence-electron chi connectivity index (χ3n) is 4.52. The number of hydrogen-bond acceptors (Lipinski definition) is 3. The topological polar surface area (TPSA) is 34.1 Å². The Morgan fingerprint density at radius 3 is 2.94 bits per heavy atom. The van der Waals surface area contributed by atoms with E-state index in [0.29, 0.717) is 5.92 Å². The lowest BCUT2D eigenvalue weighted by Gasteiger charge is -2.27. The summed E-state index contributed by atoms with van der Waals surface area (Å²) in [5, 5.41) is 3.58. The maximum Gasteiger partial charge on any atom is 0.137 e. The van der Waals surface area contributed by atoms with E-state index in [4.69, 9.17) is 4.74 Å². The van der Waals surface area contributed by atoms with Crippen LogP contribution in [0.1, 0.15) is 37.2 Å². The minimum atomic E-state index is 0.669. The highest BCUT2D eigenvalue weighted by Gasteiger charge is 2.29. The average molecular weight is 246 g/mol. The number of rotatable bonds is 2. The number of nitrogens with zero attached hydrogens (tertiary/aromatic N) is 1. The molecular weight excluding hydrogens is 224 g/mol. The van der Waals surface area contributed by atoms with E-state index in [9.17, 15) is 0 Å². The molecule has 0 radical (unpaired) electrons. The molecule has 2 heterocycles. The van der Waals surface area contributed by atoms with Crippen LogP contribution in [0.3, 0.4) is 0 Å². The maximum atomic E-state index is 5.29. The van der Waals surface area contributed by atoms with Crippen LogP contribution in [0, 0.1) is 11.8 Å². The number of aromatic nitrogens is 1. The van der Waals surface area contributed by atoms with E-state index in [-0.39, 0.29) is 0 Å². The molecule has 1 aliphatic carbocycles. The van der Waals surface area contributed by atoms with E-state index in [2.05, 4.69) is 16.4 Å². The molecule has 1 saturated heterocycles. The Hall–Kier alpha value is -1.09. The van der Waals surface area contributed by atoms with E-state index in [1.54, 1.807) is 13.3 Å². The Balaban J connectivity index is 1.78. The van der Waals surface area contributed by atoms with Crippen LogP contribution in [-0.2, 0) is 0 Å². The second-order valence-corrected chi connectivity index (χ2v) is 5.79. The van der Waals surface area contributed by atoms with E-state index in [0.717, 1.165) is 17.6 Å². The van der Waals surface area contributed by atoms with Gasteiger partial charge in [0.05, 0.1) is 13.3 Å². The van der Waals surface area contributed by atoms with Gasteiger partial charge in [0.15, 0.2) is 0 Å². The molecule has 0 spiro atoms. The van der Waals surface area contributed by atoms with Gasteiger partial charge in [-0.25, -0.2) is 0 Å². The normalized spacial score (nSPS) is 31.7. The van der Waals surface area contributed by atoms with E-state index in [1.165, 1.54) is 44.3 Å². The van der Waals surface area contributed by atoms with Gasteiger partial charge in [0, 0.05) is 6.20 Å². The van der Waals surface area contributed by atoms with Crippen LogP contribution in [0.4, 0.5) is 0 Å². The highest BCUT2D eigenvalue weighted by Crippen LogP contribution is 2.38. The monoisotopic (exact) mass is 246 g/mol. The van der Waals surface area contributed by atoms with Crippen LogP contribution in [0.25, 0.3) is 0 Å². The third kappa shape index (κ3) is 2.51. The number of hydrogen-bond donors (Lipinski definition) is 1. The van der Waals surface area contributed by atoms with Crippen molar-refractivity contribution in [2.75, 3.05) is 20.2 Å². The van der Waals surface area contributed by atoms with Gasteiger partial charge in [-0.05, 0) is 68.2 Å². The summed E-state index contributed by atoms with van der Waals surface area (Å²) in [4.78, 5) is 4.31. The SMILES string of the molecule is COc1cncc(C2CCC3CNCC(C3)C2)c1. The standard InChI is InChI=1S/C15H22N2O/c1-18-15-6-14(9-17-10-15)13-3-2-11-4-12(5-13)8-16-7-11/h6,9-13,16H,2-5,7-8H2,1H3. The molecular formula is C15H22N2O. The van der Waals surface area contributed by atoms with Gasteiger partial charge in [0.1, 0.15) is 5.75 Å². The van der Waals surface area contributed by atoms with Gasteiger partial charge in [-0.3, -0.25) is 4.98 Å². The van der Waals surface area contributed by atoms with Crippen LogP contribution in [0.2, 0.25) is 0 Å². The van der Waals surface area contributed by atoms with Gasteiger partial charge >= 0.3 is 0 Å². The van der Waals surface area contributed by atoms with Gasteiger partial charge in [0.25, 0.3) is 0 Å². The highest BCUT2D eigenvalue weighted by molar-refractivity contribution is 5.26. The summed E-state index contributed by atoms with van der Waals surface area (Å²) in [6, 6.07) is 2.17. The fraction of sp³-hybridized carbons (Fsp3) is 0.667. The largest absolute Gasteiger partial charge is 0.495 e. The fourth-order valence-corrected chi connectivity index (χ4v) is 3.56. The third-order valence-corrected chi connectivity index (χ3v) is 4.52. The molecule has 1 aliphatic heterocycles. The number of pyridine rings is 1. The Bertz CT molecular complexity index is 407. The molecule has 98 valence electrons. The average Bonchev–Trinajstić information content (AvgIpc) is 2.57. The quantitative estimate of drug-likeness (QED) is 0.871. The van der Waals surface area contributed by atoms with Crippen LogP contribution in [-0.4, -0.2) is 25.2 Å². The first-order chi connectivity index (χ1) is 8.85. The predicted octanol–water partition coefficient (Wildman–Crippen LogP) is 2.58. The summed E-state index contributed by atoms with van der Waals surface area (Å²) < 4.78 is 5.29. The molecule has 2 fully saturated rings. The number of ether oxygens (including phenoxy) is 1. The summed E-state index contributed by atoms with van der Waals surface area (Å²) in [6.45, 7) is 2.42. The second kappa shape index (κ2) is 5.27. The summed E-state index contributed by atoms with van der Waals surface area (Å²) in [6.07, 6.45) is 9.19. The zero-order valence-corrected chi connectivity index (χ0v) is 11.1. The Kier molecular flexibility index (Phi) is 3.50. The smallest absolute Gasteiger partial charge is 0.137 e. The molecule has 3 atom stereocenters. The lowest BCUT2D eigenvalue weighted by Crippen LogP contribution is -2.35. The maximum absolute atomic E-state index is 5.29. The molecule has 1 aromatic heterocycles. The molecule has 1 aromatic rings. The van der Waals surface area contributed by atoms with E-state index < -0.39 is 0 Å². The summed E-state index contributed by atoms with van der Waals surface area (Å²) in [5.41, 5.74) is 1.36. The number of piperidine rings is 1. The lowest BCUT2D eigenvalue weighted by atomic mass is 9.87. The second-order valence-electron chi connectivity index (χ2n) is 5.79. The molecule has 3 nitrogen and oxygen atoms in total. The summed E-state index contributed by atoms with van der Waals surface area (Å²) >= 11 is 0.